The lowest BCUT2D eigenvalue weighted by molar-refractivity contribution is -0.384. The maximum atomic E-state index is 12.0. The molecule has 0 saturated carbocycles. The van der Waals surface area contributed by atoms with E-state index >= 15 is 0 Å². The lowest BCUT2D eigenvalue weighted by Gasteiger charge is -2.10. The van der Waals surface area contributed by atoms with Gasteiger partial charge >= 0.3 is 5.97 Å². The number of hydrogen-bond donors (Lipinski definition) is 2. The van der Waals surface area contributed by atoms with Crippen molar-refractivity contribution in [3.8, 4) is 0 Å². The predicted octanol–water partition coefficient (Wildman–Crippen LogP) is 2.69. The van der Waals surface area contributed by atoms with Crippen molar-refractivity contribution in [1.29, 1.82) is 0 Å². The van der Waals surface area contributed by atoms with Gasteiger partial charge in [-0.05, 0) is 24.5 Å². The highest BCUT2D eigenvalue weighted by Gasteiger charge is 2.18. The van der Waals surface area contributed by atoms with E-state index in [1.54, 1.807) is 12.1 Å². The number of nitrogens with zero attached hydrogens (tertiary/aromatic N) is 1. The van der Waals surface area contributed by atoms with Gasteiger partial charge in [0, 0.05) is 22.7 Å². The number of non-ortho nitro benzene ring substituents is 1. The standard InChI is InChI=1S/C16H15N3O5S/c1-25-14-5-3-2-4-13(14)18-15(20)9-24-16(21)11-8-10(19(22)23)6-7-12(11)17/h2-8H,9,17H2,1H3,(H,18,20). The molecular formula is C16H15N3O5S. The van der Waals surface area contributed by atoms with Gasteiger partial charge in [0.25, 0.3) is 11.6 Å². The highest BCUT2D eigenvalue weighted by Crippen LogP contribution is 2.24. The smallest absolute Gasteiger partial charge is 0.341 e. The topological polar surface area (TPSA) is 125 Å². The third-order valence-electron chi connectivity index (χ3n) is 3.18. The number of rotatable bonds is 6. The molecule has 0 heterocycles. The molecule has 0 spiro atoms. The Balaban J connectivity index is 2.01. The Morgan fingerprint density at radius 1 is 1.28 bits per heavy atom. The summed E-state index contributed by atoms with van der Waals surface area (Å²) in [7, 11) is 0. The van der Waals surface area contributed by atoms with Crippen molar-refractivity contribution < 1.29 is 19.2 Å². The summed E-state index contributed by atoms with van der Waals surface area (Å²) in [6, 6.07) is 10.6. The molecule has 0 unspecified atom stereocenters. The Labute approximate surface area is 147 Å². The number of nitro benzene ring substituents is 1. The Morgan fingerprint density at radius 2 is 2.00 bits per heavy atom. The van der Waals surface area contributed by atoms with Crippen molar-refractivity contribution in [1.82, 2.24) is 0 Å². The quantitative estimate of drug-likeness (QED) is 0.266. The number of thioether (sulfide) groups is 1. The number of hydrogen-bond acceptors (Lipinski definition) is 7. The first-order valence-electron chi connectivity index (χ1n) is 7.06. The number of para-hydroxylation sites is 1. The Kier molecular flexibility index (Phi) is 5.96. The van der Waals surface area contributed by atoms with Gasteiger partial charge < -0.3 is 15.8 Å². The molecule has 0 saturated heterocycles. The van der Waals surface area contributed by atoms with E-state index in [0.717, 1.165) is 11.0 Å². The molecule has 2 aromatic rings. The van der Waals surface area contributed by atoms with Crippen molar-refractivity contribution in [3.63, 3.8) is 0 Å². The average molecular weight is 361 g/mol. The van der Waals surface area contributed by atoms with Gasteiger partial charge in [-0.25, -0.2) is 4.79 Å². The van der Waals surface area contributed by atoms with Crippen LogP contribution in [0.5, 0.6) is 0 Å². The fourth-order valence-electron chi connectivity index (χ4n) is 1.98. The second kappa shape index (κ2) is 8.15. The summed E-state index contributed by atoms with van der Waals surface area (Å²) in [5.41, 5.74) is 5.81. The van der Waals surface area contributed by atoms with Crippen LogP contribution in [0, 0.1) is 10.1 Å². The Hall–Kier alpha value is -3.07. The first kappa shape index (κ1) is 18.3. The fourth-order valence-corrected chi connectivity index (χ4v) is 2.53. The summed E-state index contributed by atoms with van der Waals surface area (Å²) in [6.07, 6.45) is 1.87. The molecule has 1 amide bonds. The molecule has 9 heteroatoms. The number of nitrogen functional groups attached to an aromatic ring is 1. The molecule has 2 aromatic carbocycles. The predicted molar refractivity (Wildman–Crippen MR) is 94.6 cm³/mol. The van der Waals surface area contributed by atoms with Crippen LogP contribution >= 0.6 is 11.8 Å². The summed E-state index contributed by atoms with van der Waals surface area (Å²) in [5, 5.41) is 13.4. The van der Waals surface area contributed by atoms with Crippen LogP contribution in [-0.4, -0.2) is 29.7 Å². The van der Waals surface area contributed by atoms with Crippen LogP contribution in [0.15, 0.2) is 47.4 Å². The molecule has 0 aliphatic heterocycles. The average Bonchev–Trinajstić information content (AvgIpc) is 2.60. The second-order valence-corrected chi connectivity index (χ2v) is 5.70. The van der Waals surface area contributed by atoms with Gasteiger partial charge in [-0.15, -0.1) is 11.8 Å². The molecule has 0 radical (unpaired) electrons. The molecule has 130 valence electrons. The van der Waals surface area contributed by atoms with Crippen molar-refractivity contribution in [2.45, 2.75) is 4.90 Å². The van der Waals surface area contributed by atoms with E-state index in [2.05, 4.69) is 5.32 Å². The van der Waals surface area contributed by atoms with E-state index in [1.807, 2.05) is 18.4 Å². The van der Waals surface area contributed by atoms with Crippen LogP contribution in [0.4, 0.5) is 17.1 Å². The molecule has 25 heavy (non-hydrogen) atoms. The number of nitrogens with two attached hydrogens (primary N) is 1. The van der Waals surface area contributed by atoms with Crippen LogP contribution < -0.4 is 11.1 Å². The number of carbonyl (C=O) groups excluding carboxylic acids is 2. The Bertz CT molecular complexity index is 825. The minimum atomic E-state index is -0.908. The first-order chi connectivity index (χ1) is 11.9. The van der Waals surface area contributed by atoms with Crippen molar-refractivity contribution >= 4 is 40.7 Å². The lowest BCUT2D eigenvalue weighted by atomic mass is 10.1. The van der Waals surface area contributed by atoms with E-state index in [0.29, 0.717) is 5.69 Å². The number of esters is 1. The third-order valence-corrected chi connectivity index (χ3v) is 3.98. The molecule has 2 rings (SSSR count). The van der Waals surface area contributed by atoms with Crippen LogP contribution in [0.1, 0.15) is 10.4 Å². The van der Waals surface area contributed by atoms with Crippen molar-refractivity contribution in [3.05, 3.63) is 58.1 Å². The summed E-state index contributed by atoms with van der Waals surface area (Å²) in [4.78, 5) is 34.9. The van der Waals surface area contributed by atoms with E-state index in [1.165, 1.54) is 23.9 Å². The molecule has 0 aliphatic carbocycles. The van der Waals surface area contributed by atoms with E-state index in [-0.39, 0.29) is 16.9 Å². The van der Waals surface area contributed by atoms with Crippen LogP contribution in [-0.2, 0) is 9.53 Å². The molecule has 3 N–H and O–H groups in total. The maximum Gasteiger partial charge on any atom is 0.341 e. The van der Waals surface area contributed by atoms with E-state index in [4.69, 9.17) is 10.5 Å². The molecular weight excluding hydrogens is 346 g/mol. The highest BCUT2D eigenvalue weighted by molar-refractivity contribution is 7.98. The summed E-state index contributed by atoms with van der Waals surface area (Å²) >= 11 is 1.46. The maximum absolute atomic E-state index is 12.0. The van der Waals surface area contributed by atoms with Crippen LogP contribution in [0.25, 0.3) is 0 Å². The number of anilines is 2. The number of benzene rings is 2. The van der Waals surface area contributed by atoms with Gasteiger partial charge in [-0.3, -0.25) is 14.9 Å². The molecule has 0 aliphatic rings. The second-order valence-electron chi connectivity index (χ2n) is 4.85. The molecule has 0 atom stereocenters. The summed E-state index contributed by atoms with van der Waals surface area (Å²) < 4.78 is 4.89. The monoisotopic (exact) mass is 361 g/mol. The number of nitro groups is 1. The van der Waals surface area contributed by atoms with Crippen LogP contribution in [0.3, 0.4) is 0 Å². The lowest BCUT2D eigenvalue weighted by Crippen LogP contribution is -2.21. The minimum absolute atomic E-state index is 0.0312. The fraction of sp³-hybridized carbons (Fsp3) is 0.125. The van der Waals surface area contributed by atoms with Gasteiger partial charge in [0.1, 0.15) is 0 Å². The first-order valence-corrected chi connectivity index (χ1v) is 8.28. The summed E-state index contributed by atoms with van der Waals surface area (Å²) in [6.45, 7) is -0.538. The van der Waals surface area contributed by atoms with Gasteiger partial charge in [0.15, 0.2) is 6.61 Å². The highest BCUT2D eigenvalue weighted by atomic mass is 32.2. The largest absolute Gasteiger partial charge is 0.452 e. The van der Waals surface area contributed by atoms with Gasteiger partial charge in [0.2, 0.25) is 0 Å². The van der Waals surface area contributed by atoms with Crippen molar-refractivity contribution in [2.24, 2.45) is 0 Å². The molecule has 0 bridgehead atoms. The zero-order chi connectivity index (χ0) is 18.4. The molecule has 8 nitrogen and oxygen atoms in total. The normalized spacial score (nSPS) is 10.1. The SMILES string of the molecule is CSc1ccccc1NC(=O)COC(=O)c1cc([N+](=O)[O-])ccc1N. The van der Waals surface area contributed by atoms with Gasteiger partial charge in [-0.1, -0.05) is 12.1 Å². The van der Waals surface area contributed by atoms with Gasteiger partial charge in [-0.2, -0.15) is 0 Å². The zero-order valence-electron chi connectivity index (χ0n) is 13.2. The molecule has 0 fully saturated rings. The number of nitrogens with one attached hydrogen (secondary N) is 1. The third kappa shape index (κ3) is 4.70. The summed E-state index contributed by atoms with van der Waals surface area (Å²) in [5.74, 6) is -1.44. The van der Waals surface area contributed by atoms with Crippen molar-refractivity contribution in [2.75, 3.05) is 23.9 Å². The minimum Gasteiger partial charge on any atom is -0.452 e. The van der Waals surface area contributed by atoms with Gasteiger partial charge in [0.05, 0.1) is 16.2 Å². The number of carbonyl (C=O) groups is 2. The van der Waals surface area contributed by atoms with E-state index in [9.17, 15) is 19.7 Å². The van der Waals surface area contributed by atoms with Crippen LogP contribution in [0.2, 0.25) is 0 Å². The van der Waals surface area contributed by atoms with E-state index < -0.39 is 23.4 Å². The zero-order valence-corrected chi connectivity index (χ0v) is 14.0. The Morgan fingerprint density at radius 3 is 2.68 bits per heavy atom. The number of ether oxygens (including phenoxy) is 1. The molecule has 0 aromatic heterocycles. The number of amides is 1.